The second-order valence-electron chi connectivity index (χ2n) is 4.70. The Bertz CT molecular complexity index is 842. The molecule has 106 valence electrons. The van der Waals surface area contributed by atoms with Gasteiger partial charge in [0.1, 0.15) is 21.9 Å². The van der Waals surface area contributed by atoms with Crippen LogP contribution in [0.4, 0.5) is 11.5 Å². The standard InChI is InChI=1S/C15H13N3O2S/c1-8-5-3-4-6-10(8)18-13-11-9(2)12(15(19)20)21-14(11)17-7-16-13/h3-7H,1-2H3,(H,19,20)(H,16,17,18). The highest BCUT2D eigenvalue weighted by molar-refractivity contribution is 7.20. The van der Waals surface area contributed by atoms with Crippen LogP contribution in [0.3, 0.4) is 0 Å². The van der Waals surface area contributed by atoms with Gasteiger partial charge in [0.05, 0.1) is 5.39 Å². The number of thiophene rings is 1. The number of carboxylic acid groups (broad SMARTS) is 1. The first kappa shape index (κ1) is 13.5. The minimum Gasteiger partial charge on any atom is -0.477 e. The van der Waals surface area contributed by atoms with Crippen molar-refractivity contribution >= 4 is 39.0 Å². The van der Waals surface area contributed by atoms with E-state index in [4.69, 9.17) is 0 Å². The summed E-state index contributed by atoms with van der Waals surface area (Å²) in [5, 5.41) is 13.3. The molecule has 0 amide bonds. The van der Waals surface area contributed by atoms with Crippen molar-refractivity contribution in [2.45, 2.75) is 13.8 Å². The summed E-state index contributed by atoms with van der Waals surface area (Å²) in [7, 11) is 0. The van der Waals surface area contributed by atoms with Gasteiger partial charge in [-0.05, 0) is 31.0 Å². The van der Waals surface area contributed by atoms with Crippen LogP contribution in [0.1, 0.15) is 20.8 Å². The largest absolute Gasteiger partial charge is 0.477 e. The van der Waals surface area contributed by atoms with Crippen LogP contribution >= 0.6 is 11.3 Å². The molecule has 0 bridgehead atoms. The lowest BCUT2D eigenvalue weighted by atomic mass is 10.1. The second kappa shape index (κ2) is 5.14. The van der Waals surface area contributed by atoms with E-state index in [0.717, 1.165) is 16.6 Å². The number of carboxylic acids is 1. The van der Waals surface area contributed by atoms with Crippen molar-refractivity contribution < 1.29 is 9.90 Å². The molecule has 0 spiro atoms. The van der Waals surface area contributed by atoms with Crippen LogP contribution in [0.15, 0.2) is 30.6 Å². The van der Waals surface area contributed by atoms with Crippen LogP contribution in [0.25, 0.3) is 10.2 Å². The Labute approximate surface area is 125 Å². The van der Waals surface area contributed by atoms with E-state index in [9.17, 15) is 9.90 Å². The number of benzene rings is 1. The molecule has 6 heteroatoms. The van der Waals surface area contributed by atoms with Gasteiger partial charge in [0.2, 0.25) is 0 Å². The molecule has 0 aliphatic rings. The summed E-state index contributed by atoms with van der Waals surface area (Å²) in [5.41, 5.74) is 2.73. The summed E-state index contributed by atoms with van der Waals surface area (Å²) in [6.45, 7) is 3.79. The van der Waals surface area contributed by atoms with Crippen molar-refractivity contribution in [3.8, 4) is 0 Å². The van der Waals surface area contributed by atoms with E-state index >= 15 is 0 Å². The zero-order valence-corrected chi connectivity index (χ0v) is 12.4. The monoisotopic (exact) mass is 299 g/mol. The molecule has 0 atom stereocenters. The van der Waals surface area contributed by atoms with Crippen LogP contribution in [0.2, 0.25) is 0 Å². The molecule has 5 nitrogen and oxygen atoms in total. The normalized spacial score (nSPS) is 10.8. The summed E-state index contributed by atoms with van der Waals surface area (Å²) in [6.07, 6.45) is 1.45. The predicted octanol–water partition coefficient (Wildman–Crippen LogP) is 3.75. The zero-order valence-electron chi connectivity index (χ0n) is 11.5. The van der Waals surface area contributed by atoms with Gasteiger partial charge in [-0.25, -0.2) is 14.8 Å². The fourth-order valence-electron chi connectivity index (χ4n) is 2.21. The molecule has 0 unspecified atom stereocenters. The van der Waals surface area contributed by atoms with Gasteiger partial charge in [-0.3, -0.25) is 0 Å². The Morgan fingerprint density at radius 1 is 1.24 bits per heavy atom. The molecule has 1 aromatic carbocycles. The molecule has 0 aliphatic heterocycles. The molecule has 21 heavy (non-hydrogen) atoms. The molecular weight excluding hydrogens is 286 g/mol. The minimum atomic E-state index is -0.933. The number of carbonyl (C=O) groups is 1. The maximum Gasteiger partial charge on any atom is 0.346 e. The van der Waals surface area contributed by atoms with Crippen molar-refractivity contribution in [2.75, 3.05) is 5.32 Å². The Hall–Kier alpha value is -2.47. The number of aromatic nitrogens is 2. The van der Waals surface area contributed by atoms with Crippen LogP contribution in [0.5, 0.6) is 0 Å². The summed E-state index contributed by atoms with van der Waals surface area (Å²) in [5.74, 6) is -0.298. The molecule has 2 aromatic heterocycles. The van der Waals surface area contributed by atoms with Gasteiger partial charge in [0.15, 0.2) is 0 Å². The highest BCUT2D eigenvalue weighted by Gasteiger charge is 2.18. The van der Waals surface area contributed by atoms with Gasteiger partial charge < -0.3 is 10.4 Å². The topological polar surface area (TPSA) is 75.1 Å². The number of nitrogens with zero attached hydrogens (tertiary/aromatic N) is 2. The van der Waals surface area contributed by atoms with Crippen LogP contribution < -0.4 is 5.32 Å². The van der Waals surface area contributed by atoms with Gasteiger partial charge in [0.25, 0.3) is 0 Å². The number of fused-ring (bicyclic) bond motifs is 1. The average Bonchev–Trinajstić information content (AvgIpc) is 2.80. The third kappa shape index (κ3) is 2.34. The number of hydrogen-bond donors (Lipinski definition) is 2. The number of aromatic carboxylic acids is 1. The smallest absolute Gasteiger partial charge is 0.346 e. The highest BCUT2D eigenvalue weighted by atomic mass is 32.1. The summed E-state index contributed by atoms with van der Waals surface area (Å²) in [4.78, 5) is 20.7. The van der Waals surface area contributed by atoms with Crippen LogP contribution in [0, 0.1) is 13.8 Å². The Morgan fingerprint density at radius 2 is 2.00 bits per heavy atom. The Morgan fingerprint density at radius 3 is 2.71 bits per heavy atom. The van der Waals surface area contributed by atoms with Crippen LogP contribution in [-0.4, -0.2) is 21.0 Å². The number of nitrogens with one attached hydrogen (secondary N) is 1. The molecule has 0 saturated heterocycles. The molecule has 2 N–H and O–H groups in total. The third-order valence-electron chi connectivity index (χ3n) is 3.32. The maximum absolute atomic E-state index is 11.3. The molecular formula is C15H13N3O2S. The van der Waals surface area contributed by atoms with Crippen LogP contribution in [-0.2, 0) is 0 Å². The van der Waals surface area contributed by atoms with Gasteiger partial charge in [-0.1, -0.05) is 18.2 Å². The highest BCUT2D eigenvalue weighted by Crippen LogP contribution is 2.34. The Balaban J connectivity index is 2.15. The number of para-hydroxylation sites is 1. The first-order chi connectivity index (χ1) is 10.1. The van der Waals surface area contributed by atoms with E-state index in [2.05, 4.69) is 15.3 Å². The van der Waals surface area contributed by atoms with E-state index in [0.29, 0.717) is 21.1 Å². The van der Waals surface area contributed by atoms with Crippen molar-refractivity contribution in [1.82, 2.24) is 9.97 Å². The number of hydrogen-bond acceptors (Lipinski definition) is 5. The fourth-order valence-corrected chi connectivity index (χ4v) is 3.20. The number of rotatable bonds is 3. The summed E-state index contributed by atoms with van der Waals surface area (Å²) >= 11 is 1.17. The number of aryl methyl sites for hydroxylation is 2. The molecule has 3 rings (SSSR count). The predicted molar refractivity (Wildman–Crippen MR) is 83.6 cm³/mol. The molecule has 0 fully saturated rings. The van der Waals surface area contributed by atoms with E-state index in [1.165, 1.54) is 17.7 Å². The van der Waals surface area contributed by atoms with Crippen molar-refractivity contribution in [3.63, 3.8) is 0 Å². The average molecular weight is 299 g/mol. The lowest BCUT2D eigenvalue weighted by molar-refractivity contribution is 0.0701. The van der Waals surface area contributed by atoms with E-state index in [1.807, 2.05) is 31.2 Å². The third-order valence-corrected chi connectivity index (χ3v) is 4.51. The summed E-state index contributed by atoms with van der Waals surface area (Å²) in [6, 6.07) is 7.87. The molecule has 0 saturated carbocycles. The molecule has 0 radical (unpaired) electrons. The van der Waals surface area contributed by atoms with E-state index < -0.39 is 5.97 Å². The fraction of sp³-hybridized carbons (Fsp3) is 0.133. The first-order valence-corrected chi connectivity index (χ1v) is 7.19. The van der Waals surface area contributed by atoms with Gasteiger partial charge in [0, 0.05) is 5.69 Å². The van der Waals surface area contributed by atoms with Gasteiger partial charge >= 0.3 is 5.97 Å². The summed E-state index contributed by atoms with van der Waals surface area (Å²) < 4.78 is 0. The molecule has 0 aliphatic carbocycles. The van der Waals surface area contributed by atoms with E-state index in [1.54, 1.807) is 6.92 Å². The van der Waals surface area contributed by atoms with Crippen molar-refractivity contribution in [1.29, 1.82) is 0 Å². The zero-order chi connectivity index (χ0) is 15.0. The quantitative estimate of drug-likeness (QED) is 0.770. The number of anilines is 2. The lowest BCUT2D eigenvalue weighted by Crippen LogP contribution is -1.98. The van der Waals surface area contributed by atoms with E-state index in [-0.39, 0.29) is 0 Å². The lowest BCUT2D eigenvalue weighted by Gasteiger charge is -2.09. The van der Waals surface area contributed by atoms with Gasteiger partial charge in [-0.15, -0.1) is 11.3 Å². The molecule has 2 heterocycles. The van der Waals surface area contributed by atoms with Crippen molar-refractivity contribution in [2.24, 2.45) is 0 Å². The SMILES string of the molecule is Cc1ccccc1Nc1ncnc2sc(C(=O)O)c(C)c12. The molecule has 3 aromatic rings. The maximum atomic E-state index is 11.3. The van der Waals surface area contributed by atoms with Gasteiger partial charge in [-0.2, -0.15) is 0 Å². The van der Waals surface area contributed by atoms with Crippen molar-refractivity contribution in [3.05, 3.63) is 46.6 Å². The Kier molecular flexibility index (Phi) is 3.31. The minimum absolute atomic E-state index is 0.304. The second-order valence-corrected chi connectivity index (χ2v) is 5.70. The first-order valence-electron chi connectivity index (χ1n) is 6.38.